The fraction of sp³-hybridized carbons (Fsp3) is 0.357. The summed E-state index contributed by atoms with van der Waals surface area (Å²) >= 11 is 0.624. The summed E-state index contributed by atoms with van der Waals surface area (Å²) in [6.07, 6.45) is -3.58. The molecule has 1 aromatic heterocycles. The fourth-order valence-electron chi connectivity index (χ4n) is 1.80. The standard InChI is InChI=1S/C14H14F4N2S/c1-2-7-19-8-11-12(9-3-5-10(15)6-4-9)20-13(21-11)14(16,17)18/h3-6,19H,2,7-8H2,1H3. The molecule has 114 valence electrons. The molecular weight excluding hydrogens is 304 g/mol. The van der Waals surface area contributed by atoms with E-state index >= 15 is 0 Å². The van der Waals surface area contributed by atoms with Gasteiger partial charge in [-0.15, -0.1) is 11.3 Å². The number of nitrogens with one attached hydrogen (secondary N) is 1. The van der Waals surface area contributed by atoms with Gasteiger partial charge in [0, 0.05) is 17.0 Å². The molecule has 0 aliphatic heterocycles. The highest BCUT2D eigenvalue weighted by molar-refractivity contribution is 7.12. The van der Waals surface area contributed by atoms with Crippen molar-refractivity contribution < 1.29 is 17.6 Å². The molecule has 1 aromatic carbocycles. The van der Waals surface area contributed by atoms with Gasteiger partial charge >= 0.3 is 6.18 Å². The maximum Gasteiger partial charge on any atom is 0.443 e. The Morgan fingerprint density at radius 2 is 1.86 bits per heavy atom. The normalized spacial score (nSPS) is 11.9. The van der Waals surface area contributed by atoms with Crippen molar-refractivity contribution in [2.24, 2.45) is 0 Å². The van der Waals surface area contributed by atoms with E-state index in [4.69, 9.17) is 0 Å². The number of rotatable bonds is 5. The molecule has 0 atom stereocenters. The SMILES string of the molecule is CCCNCc1sc(C(F)(F)F)nc1-c1ccc(F)cc1. The molecule has 1 N–H and O–H groups in total. The lowest BCUT2D eigenvalue weighted by Crippen LogP contribution is -2.13. The molecule has 2 rings (SSSR count). The monoisotopic (exact) mass is 318 g/mol. The highest BCUT2D eigenvalue weighted by Gasteiger charge is 2.36. The predicted octanol–water partition coefficient (Wildman–Crippen LogP) is 4.47. The van der Waals surface area contributed by atoms with Crippen LogP contribution in [0.1, 0.15) is 23.2 Å². The first-order valence-electron chi connectivity index (χ1n) is 6.45. The Morgan fingerprint density at radius 3 is 2.43 bits per heavy atom. The lowest BCUT2D eigenvalue weighted by Gasteiger charge is -2.04. The van der Waals surface area contributed by atoms with Gasteiger partial charge < -0.3 is 5.32 Å². The summed E-state index contributed by atoms with van der Waals surface area (Å²) in [6, 6.07) is 5.30. The summed E-state index contributed by atoms with van der Waals surface area (Å²) in [5.74, 6) is -0.435. The van der Waals surface area contributed by atoms with Gasteiger partial charge in [0.15, 0.2) is 5.01 Å². The molecule has 2 nitrogen and oxygen atoms in total. The van der Waals surface area contributed by atoms with E-state index in [9.17, 15) is 17.6 Å². The fourth-order valence-corrected chi connectivity index (χ4v) is 2.73. The molecule has 0 unspecified atom stereocenters. The zero-order chi connectivity index (χ0) is 15.5. The molecule has 0 aliphatic rings. The number of aromatic nitrogens is 1. The minimum Gasteiger partial charge on any atom is -0.312 e. The minimum absolute atomic E-state index is 0.260. The predicted molar refractivity (Wildman–Crippen MR) is 74.5 cm³/mol. The zero-order valence-electron chi connectivity index (χ0n) is 11.3. The lowest BCUT2D eigenvalue weighted by atomic mass is 10.1. The van der Waals surface area contributed by atoms with Gasteiger partial charge in [-0.1, -0.05) is 6.92 Å². The van der Waals surface area contributed by atoms with E-state index in [1.807, 2.05) is 6.92 Å². The van der Waals surface area contributed by atoms with E-state index in [-0.39, 0.29) is 5.69 Å². The molecule has 0 saturated carbocycles. The number of halogens is 4. The van der Waals surface area contributed by atoms with Crippen LogP contribution in [-0.2, 0) is 12.7 Å². The Labute approximate surface area is 123 Å². The van der Waals surface area contributed by atoms with E-state index in [0.717, 1.165) is 6.42 Å². The summed E-state index contributed by atoms with van der Waals surface area (Å²) in [7, 11) is 0. The largest absolute Gasteiger partial charge is 0.443 e. The second-order valence-electron chi connectivity index (χ2n) is 4.47. The quantitative estimate of drug-likeness (QED) is 0.650. The zero-order valence-corrected chi connectivity index (χ0v) is 12.1. The Hall–Kier alpha value is -1.47. The van der Waals surface area contributed by atoms with Crippen molar-refractivity contribution in [3.05, 3.63) is 40.0 Å². The van der Waals surface area contributed by atoms with Gasteiger partial charge in [0.05, 0.1) is 5.69 Å². The van der Waals surface area contributed by atoms with Gasteiger partial charge in [-0.25, -0.2) is 9.37 Å². The summed E-state index contributed by atoms with van der Waals surface area (Å²) in [5, 5.41) is 2.19. The highest BCUT2D eigenvalue weighted by Crippen LogP contribution is 2.37. The minimum atomic E-state index is -4.47. The number of alkyl halides is 3. The number of hydrogen-bond acceptors (Lipinski definition) is 3. The van der Waals surface area contributed by atoms with Gasteiger partial charge in [0.25, 0.3) is 0 Å². The van der Waals surface area contributed by atoms with Crippen LogP contribution in [0.5, 0.6) is 0 Å². The van der Waals surface area contributed by atoms with Crippen molar-refractivity contribution in [1.29, 1.82) is 0 Å². The first-order chi connectivity index (χ1) is 9.91. The molecule has 0 amide bonds. The van der Waals surface area contributed by atoms with Crippen molar-refractivity contribution in [2.75, 3.05) is 6.54 Å². The van der Waals surface area contributed by atoms with Crippen LogP contribution in [0.2, 0.25) is 0 Å². The van der Waals surface area contributed by atoms with Crippen molar-refractivity contribution in [3.8, 4) is 11.3 Å². The third-order valence-corrected chi connectivity index (χ3v) is 3.87. The third-order valence-electron chi connectivity index (χ3n) is 2.77. The molecule has 7 heteroatoms. The third kappa shape index (κ3) is 4.01. The molecule has 0 saturated heterocycles. The first-order valence-corrected chi connectivity index (χ1v) is 7.27. The Kier molecular flexibility index (Phi) is 4.95. The van der Waals surface area contributed by atoms with Crippen LogP contribution in [0, 0.1) is 5.82 Å². The smallest absolute Gasteiger partial charge is 0.312 e. The van der Waals surface area contributed by atoms with Gasteiger partial charge in [-0.2, -0.15) is 13.2 Å². The number of benzene rings is 1. The van der Waals surface area contributed by atoms with E-state index in [1.54, 1.807) is 0 Å². The summed E-state index contributed by atoms with van der Waals surface area (Å²) in [5.41, 5.74) is 0.743. The summed E-state index contributed by atoms with van der Waals surface area (Å²) < 4.78 is 51.4. The topological polar surface area (TPSA) is 24.9 Å². The Morgan fingerprint density at radius 1 is 1.19 bits per heavy atom. The van der Waals surface area contributed by atoms with E-state index in [0.29, 0.717) is 34.9 Å². The maximum atomic E-state index is 12.9. The number of hydrogen-bond donors (Lipinski definition) is 1. The molecule has 0 aliphatic carbocycles. The molecule has 1 heterocycles. The van der Waals surface area contributed by atoms with Crippen LogP contribution in [-0.4, -0.2) is 11.5 Å². The second-order valence-corrected chi connectivity index (χ2v) is 5.56. The molecule has 2 aromatic rings. The van der Waals surface area contributed by atoms with Gasteiger partial charge in [-0.3, -0.25) is 0 Å². The molecule has 21 heavy (non-hydrogen) atoms. The molecule has 0 fully saturated rings. The number of thiazole rings is 1. The first kappa shape index (κ1) is 15.9. The van der Waals surface area contributed by atoms with E-state index < -0.39 is 17.0 Å². The van der Waals surface area contributed by atoms with Crippen molar-refractivity contribution in [1.82, 2.24) is 10.3 Å². The van der Waals surface area contributed by atoms with Crippen molar-refractivity contribution >= 4 is 11.3 Å². The van der Waals surface area contributed by atoms with Crippen molar-refractivity contribution in [3.63, 3.8) is 0 Å². The molecule has 0 radical (unpaired) electrons. The van der Waals surface area contributed by atoms with Gasteiger partial charge in [0.2, 0.25) is 0 Å². The van der Waals surface area contributed by atoms with Gasteiger partial charge in [-0.05, 0) is 37.2 Å². The average molecular weight is 318 g/mol. The summed E-state index contributed by atoms with van der Waals surface area (Å²) in [6.45, 7) is 3.00. The Balaban J connectivity index is 2.36. The highest BCUT2D eigenvalue weighted by atomic mass is 32.1. The molecule has 0 bridgehead atoms. The Bertz CT molecular complexity index is 590. The van der Waals surface area contributed by atoms with Crippen LogP contribution in [0.25, 0.3) is 11.3 Å². The van der Waals surface area contributed by atoms with Crippen LogP contribution >= 0.6 is 11.3 Å². The number of nitrogens with zero attached hydrogens (tertiary/aromatic N) is 1. The van der Waals surface area contributed by atoms with Crippen LogP contribution in [0.3, 0.4) is 0 Å². The average Bonchev–Trinajstić information content (AvgIpc) is 2.84. The summed E-state index contributed by atoms with van der Waals surface area (Å²) in [4.78, 5) is 4.19. The van der Waals surface area contributed by atoms with Gasteiger partial charge in [0.1, 0.15) is 5.82 Å². The molecule has 0 spiro atoms. The van der Waals surface area contributed by atoms with Crippen LogP contribution < -0.4 is 5.32 Å². The van der Waals surface area contributed by atoms with Crippen LogP contribution in [0.4, 0.5) is 17.6 Å². The maximum absolute atomic E-state index is 12.9. The molecular formula is C14H14F4N2S. The van der Waals surface area contributed by atoms with E-state index in [1.165, 1.54) is 24.3 Å². The van der Waals surface area contributed by atoms with Crippen molar-refractivity contribution in [2.45, 2.75) is 26.1 Å². The lowest BCUT2D eigenvalue weighted by molar-refractivity contribution is -0.137. The second kappa shape index (κ2) is 6.53. The van der Waals surface area contributed by atoms with E-state index in [2.05, 4.69) is 10.3 Å². The van der Waals surface area contributed by atoms with Crippen LogP contribution in [0.15, 0.2) is 24.3 Å².